The number of halogens is 3. The number of rotatable bonds is 5. The first-order chi connectivity index (χ1) is 14.1. The molecule has 1 saturated carbocycles. The second-order valence-corrected chi connectivity index (χ2v) is 9.02. The van der Waals surface area contributed by atoms with E-state index in [-0.39, 0.29) is 22.7 Å². The molecule has 0 aromatic carbocycles. The molecule has 4 rings (SSSR count). The molecule has 3 heterocycles. The van der Waals surface area contributed by atoms with Gasteiger partial charge in [0.25, 0.3) is 0 Å². The van der Waals surface area contributed by atoms with E-state index in [9.17, 15) is 27.3 Å². The fraction of sp³-hybridized carbons (Fsp3) is 0.421. The van der Waals surface area contributed by atoms with Crippen LogP contribution in [0.1, 0.15) is 49.6 Å². The monoisotopic (exact) mass is 457 g/mol. The van der Waals surface area contributed by atoms with Crippen LogP contribution in [0.5, 0.6) is 0 Å². The van der Waals surface area contributed by atoms with E-state index in [1.807, 2.05) is 0 Å². The number of azo groups is 2. The van der Waals surface area contributed by atoms with Gasteiger partial charge in [-0.15, -0.1) is 4.70 Å². The second kappa shape index (κ2) is 7.75. The summed E-state index contributed by atoms with van der Waals surface area (Å²) in [6, 6.07) is 1.97. The maximum Gasteiger partial charge on any atom is 0.417 e. The highest BCUT2D eigenvalue weighted by Crippen LogP contribution is 2.49. The zero-order chi connectivity index (χ0) is 21.8. The van der Waals surface area contributed by atoms with Crippen molar-refractivity contribution < 1.29 is 37.5 Å². The van der Waals surface area contributed by atoms with E-state index in [1.165, 1.54) is 10.9 Å². The number of aliphatic carboxylic acids is 1. The topological polar surface area (TPSA) is 127 Å². The SMILES string of the molecule is CCS(=O)c1cc(C2(C(=O)O)CC2)cnc1[N+]1=Nc2cc(C(F)(F)F)cnc2C1C.O. The van der Waals surface area contributed by atoms with Crippen LogP contribution in [0.3, 0.4) is 0 Å². The molecule has 0 bridgehead atoms. The van der Waals surface area contributed by atoms with E-state index in [2.05, 4.69) is 15.1 Å². The molecule has 12 heteroatoms. The highest BCUT2D eigenvalue weighted by Gasteiger charge is 2.53. The Labute approximate surface area is 177 Å². The van der Waals surface area contributed by atoms with Crippen molar-refractivity contribution in [3.05, 3.63) is 41.3 Å². The van der Waals surface area contributed by atoms with Crippen molar-refractivity contribution >= 4 is 28.3 Å². The van der Waals surface area contributed by atoms with Crippen LogP contribution in [0.15, 0.2) is 34.5 Å². The maximum absolute atomic E-state index is 13.0. The predicted octanol–water partition coefficient (Wildman–Crippen LogP) is 3.42. The number of hydrogen-bond donors (Lipinski definition) is 1. The predicted molar refractivity (Wildman–Crippen MR) is 103 cm³/mol. The molecule has 2 unspecified atom stereocenters. The Bertz CT molecular complexity index is 1120. The third kappa shape index (κ3) is 3.74. The first-order valence-corrected chi connectivity index (χ1v) is 10.6. The van der Waals surface area contributed by atoms with Gasteiger partial charge in [0.05, 0.1) is 21.8 Å². The molecule has 2 atom stereocenters. The zero-order valence-electron chi connectivity index (χ0n) is 16.6. The summed E-state index contributed by atoms with van der Waals surface area (Å²) in [4.78, 5) is 20.2. The van der Waals surface area contributed by atoms with Crippen molar-refractivity contribution in [1.29, 1.82) is 0 Å². The fourth-order valence-corrected chi connectivity index (χ4v) is 4.43. The third-order valence-corrected chi connectivity index (χ3v) is 6.79. The van der Waals surface area contributed by atoms with Gasteiger partial charge >= 0.3 is 18.0 Å². The van der Waals surface area contributed by atoms with Gasteiger partial charge in [-0.3, -0.25) is 14.0 Å². The smallest absolute Gasteiger partial charge is 0.417 e. The summed E-state index contributed by atoms with van der Waals surface area (Å²) in [7, 11) is -1.48. The molecule has 2 aromatic rings. The maximum atomic E-state index is 13.0. The third-order valence-electron chi connectivity index (χ3n) is 5.47. The minimum atomic E-state index is -4.54. The van der Waals surface area contributed by atoms with E-state index in [1.54, 1.807) is 19.9 Å². The van der Waals surface area contributed by atoms with Gasteiger partial charge in [-0.25, -0.2) is 0 Å². The number of aromatic nitrogens is 2. The number of carboxylic acids is 1. The Hall–Kier alpha value is -2.73. The largest absolute Gasteiger partial charge is 0.481 e. The molecule has 8 nitrogen and oxygen atoms in total. The van der Waals surface area contributed by atoms with E-state index >= 15 is 0 Å². The first kappa shape index (κ1) is 22.9. The molecule has 2 aromatic heterocycles. The van der Waals surface area contributed by atoms with Crippen molar-refractivity contribution in [3.8, 4) is 0 Å². The van der Waals surface area contributed by atoms with Gasteiger partial charge in [-0.05, 0) is 36.9 Å². The average molecular weight is 457 g/mol. The quantitative estimate of drug-likeness (QED) is 0.689. The molecule has 3 N–H and O–H groups in total. The van der Waals surface area contributed by atoms with Crippen LogP contribution in [0.2, 0.25) is 0 Å². The van der Waals surface area contributed by atoms with Gasteiger partial charge in [-0.2, -0.15) is 13.2 Å². The highest BCUT2D eigenvalue weighted by molar-refractivity contribution is 7.85. The molecular formula is C19H20F3N4O4S+. The van der Waals surface area contributed by atoms with Crippen LogP contribution >= 0.6 is 0 Å². The molecule has 1 aliphatic carbocycles. The number of fused-ring (bicyclic) bond motifs is 1. The zero-order valence-corrected chi connectivity index (χ0v) is 17.4. The number of nitrogens with zero attached hydrogens (tertiary/aromatic N) is 4. The van der Waals surface area contributed by atoms with Gasteiger partial charge in [0.1, 0.15) is 22.5 Å². The lowest BCUT2D eigenvalue weighted by molar-refractivity contribution is -0.549. The van der Waals surface area contributed by atoms with Crippen LogP contribution in [0.25, 0.3) is 0 Å². The summed E-state index contributed by atoms with van der Waals surface area (Å²) in [5.41, 5.74) is -1.03. The summed E-state index contributed by atoms with van der Waals surface area (Å²) >= 11 is 0. The summed E-state index contributed by atoms with van der Waals surface area (Å²) in [5, 5.41) is 13.8. The minimum absolute atomic E-state index is 0. The van der Waals surface area contributed by atoms with Crippen molar-refractivity contribution in [1.82, 2.24) is 9.97 Å². The van der Waals surface area contributed by atoms with Gasteiger partial charge < -0.3 is 10.6 Å². The number of pyridine rings is 2. The highest BCUT2D eigenvalue weighted by atomic mass is 32.2. The van der Waals surface area contributed by atoms with E-state index < -0.39 is 40.0 Å². The molecule has 1 aliphatic heterocycles. The van der Waals surface area contributed by atoms with Gasteiger partial charge in [0.15, 0.2) is 6.04 Å². The van der Waals surface area contributed by atoms with Crippen LogP contribution in [-0.4, -0.2) is 41.2 Å². The van der Waals surface area contributed by atoms with Crippen molar-refractivity contribution in [3.63, 3.8) is 0 Å². The molecule has 31 heavy (non-hydrogen) atoms. The van der Waals surface area contributed by atoms with Crippen LogP contribution in [0.4, 0.5) is 24.7 Å². The Balaban J connectivity index is 0.00000272. The standard InChI is InChI=1S/C19H17F3N4O3S.H2O/c1-3-30(29)14-7-11(18(4-5-18)17(27)28)8-24-16(14)26-10(2)15-13(25-26)6-12(9-23-15)19(20,21)22;/h6-10H,3-5H2,1-2H3;1H2/p+1. The van der Waals surface area contributed by atoms with Crippen LogP contribution in [0, 0.1) is 0 Å². The number of alkyl halides is 3. The normalized spacial score (nSPS) is 19.8. The van der Waals surface area contributed by atoms with Crippen LogP contribution < -0.4 is 0 Å². The van der Waals surface area contributed by atoms with Crippen LogP contribution in [-0.2, 0) is 27.2 Å². The lowest BCUT2D eigenvalue weighted by Gasteiger charge is -2.11. The molecule has 2 aliphatic rings. The number of carboxylic acid groups (broad SMARTS) is 1. The lowest BCUT2D eigenvalue weighted by Crippen LogP contribution is -2.21. The number of hydrogen-bond acceptors (Lipinski definition) is 5. The molecular weight excluding hydrogens is 437 g/mol. The first-order valence-electron chi connectivity index (χ1n) is 9.29. The Morgan fingerprint density at radius 1 is 1.29 bits per heavy atom. The molecule has 1 fully saturated rings. The van der Waals surface area contributed by atoms with Crippen molar-refractivity contribution in [2.75, 3.05) is 5.75 Å². The van der Waals surface area contributed by atoms with E-state index in [4.69, 9.17) is 0 Å². The number of carbonyl (C=O) groups is 1. The van der Waals surface area contributed by atoms with Gasteiger partial charge in [0, 0.05) is 17.5 Å². The summed E-state index contributed by atoms with van der Waals surface area (Å²) in [6.45, 7) is 3.43. The summed E-state index contributed by atoms with van der Waals surface area (Å²) in [6.07, 6.45) is -1.41. The lowest BCUT2D eigenvalue weighted by atomic mass is 9.98. The average Bonchev–Trinajstić information content (AvgIpc) is 3.46. The Morgan fingerprint density at radius 2 is 1.97 bits per heavy atom. The van der Waals surface area contributed by atoms with Crippen molar-refractivity contribution in [2.45, 2.75) is 49.2 Å². The van der Waals surface area contributed by atoms with E-state index in [0.29, 0.717) is 29.0 Å². The van der Waals surface area contributed by atoms with E-state index in [0.717, 1.165) is 12.3 Å². The molecule has 0 spiro atoms. The molecule has 0 radical (unpaired) electrons. The Morgan fingerprint density at radius 3 is 2.52 bits per heavy atom. The molecule has 166 valence electrons. The summed E-state index contributed by atoms with van der Waals surface area (Å²) < 4.78 is 53.2. The second-order valence-electron chi connectivity index (χ2n) is 7.31. The fourth-order valence-electron chi connectivity index (χ4n) is 3.52. The van der Waals surface area contributed by atoms with Gasteiger partial charge in [-0.1, -0.05) is 12.0 Å². The minimum Gasteiger partial charge on any atom is -0.481 e. The van der Waals surface area contributed by atoms with Gasteiger partial charge in [0.2, 0.25) is 0 Å². The van der Waals surface area contributed by atoms with Crippen molar-refractivity contribution in [2.24, 2.45) is 5.11 Å². The molecule has 0 amide bonds. The summed E-state index contributed by atoms with van der Waals surface area (Å²) in [5.74, 6) is -0.468. The molecule has 0 saturated heterocycles. The Kier molecular flexibility index (Phi) is 5.74.